The third-order valence-electron chi connectivity index (χ3n) is 5.23. The molecule has 2 aliphatic rings. The van der Waals surface area contributed by atoms with Crippen LogP contribution in [0.5, 0.6) is 11.5 Å². The number of terminal acetylenes is 1. The number of benzene rings is 2. The Hall–Kier alpha value is -2.44. The van der Waals surface area contributed by atoms with E-state index in [0.717, 1.165) is 30.9 Å². The summed E-state index contributed by atoms with van der Waals surface area (Å²) in [6, 6.07) is 11.0. The fourth-order valence-corrected chi connectivity index (χ4v) is 4.21. The van der Waals surface area contributed by atoms with Gasteiger partial charge >= 0.3 is 0 Å². The van der Waals surface area contributed by atoms with Gasteiger partial charge in [0.2, 0.25) is 0 Å². The molecule has 0 N–H and O–H groups in total. The van der Waals surface area contributed by atoms with E-state index in [4.69, 9.17) is 15.9 Å². The van der Waals surface area contributed by atoms with Crippen molar-refractivity contribution in [3.05, 3.63) is 47.0 Å². The zero-order chi connectivity index (χ0) is 16.7. The standard InChI is InChI=1S/C21H21NO2/c1-4-10-22-11-9-15-13-18(23-2)21(24-3)20-16-8-6-5-7-14(16)12-17(22)19(15)20/h1,5-8,13,17H,9-12H2,2-3H3/t17-/m1/s1. The van der Waals surface area contributed by atoms with Crippen molar-refractivity contribution in [2.24, 2.45) is 0 Å². The van der Waals surface area contributed by atoms with Crippen LogP contribution in [0.1, 0.15) is 22.7 Å². The van der Waals surface area contributed by atoms with E-state index in [-0.39, 0.29) is 0 Å². The van der Waals surface area contributed by atoms with Crippen LogP contribution in [0, 0.1) is 12.3 Å². The molecule has 1 heterocycles. The normalized spacial score (nSPS) is 18.3. The summed E-state index contributed by atoms with van der Waals surface area (Å²) in [7, 11) is 3.42. The second-order valence-corrected chi connectivity index (χ2v) is 6.36. The lowest BCUT2D eigenvalue weighted by atomic mass is 9.76. The number of rotatable bonds is 3. The SMILES string of the molecule is C#CCN1CCc2cc(OC)c(OC)c3c2[C@H]1Cc1ccccc1-3. The molecule has 0 bridgehead atoms. The van der Waals surface area contributed by atoms with Crippen molar-refractivity contribution in [2.75, 3.05) is 27.3 Å². The Morgan fingerprint density at radius 2 is 2.04 bits per heavy atom. The molecule has 2 aromatic carbocycles. The van der Waals surface area contributed by atoms with Gasteiger partial charge in [-0.2, -0.15) is 0 Å². The fraction of sp³-hybridized carbons (Fsp3) is 0.333. The zero-order valence-electron chi connectivity index (χ0n) is 14.1. The number of methoxy groups -OCH3 is 2. The molecular formula is C21H21NO2. The van der Waals surface area contributed by atoms with Crippen LogP contribution in [0.4, 0.5) is 0 Å². The molecule has 24 heavy (non-hydrogen) atoms. The van der Waals surface area contributed by atoms with Crippen molar-refractivity contribution < 1.29 is 9.47 Å². The highest BCUT2D eigenvalue weighted by Gasteiger charge is 2.36. The van der Waals surface area contributed by atoms with Gasteiger partial charge in [0.15, 0.2) is 11.5 Å². The molecular weight excluding hydrogens is 298 g/mol. The average Bonchev–Trinajstić information content (AvgIpc) is 2.63. The van der Waals surface area contributed by atoms with Gasteiger partial charge in [0, 0.05) is 18.2 Å². The molecule has 0 spiro atoms. The Kier molecular flexibility index (Phi) is 3.70. The zero-order valence-corrected chi connectivity index (χ0v) is 14.1. The molecule has 1 aliphatic carbocycles. The number of hydrogen-bond donors (Lipinski definition) is 0. The quantitative estimate of drug-likeness (QED) is 0.809. The molecule has 4 rings (SSSR count). The summed E-state index contributed by atoms with van der Waals surface area (Å²) in [5.74, 6) is 4.46. The minimum Gasteiger partial charge on any atom is -0.493 e. The molecule has 0 fully saturated rings. The van der Waals surface area contributed by atoms with Crippen molar-refractivity contribution >= 4 is 0 Å². The molecule has 1 atom stereocenters. The van der Waals surface area contributed by atoms with E-state index in [1.807, 2.05) is 0 Å². The summed E-state index contributed by atoms with van der Waals surface area (Å²) in [5, 5.41) is 0. The molecule has 0 aromatic heterocycles. The van der Waals surface area contributed by atoms with E-state index in [1.165, 1.54) is 27.8 Å². The first-order valence-electron chi connectivity index (χ1n) is 8.32. The lowest BCUT2D eigenvalue weighted by molar-refractivity contribution is 0.205. The number of nitrogens with zero attached hydrogens (tertiary/aromatic N) is 1. The van der Waals surface area contributed by atoms with Crippen LogP contribution in [0.15, 0.2) is 30.3 Å². The molecule has 3 nitrogen and oxygen atoms in total. The van der Waals surface area contributed by atoms with Crippen molar-refractivity contribution in [1.82, 2.24) is 4.90 Å². The Morgan fingerprint density at radius 1 is 1.21 bits per heavy atom. The van der Waals surface area contributed by atoms with Crippen molar-refractivity contribution in [3.8, 4) is 35.0 Å². The first-order valence-corrected chi connectivity index (χ1v) is 8.32. The molecule has 0 unspecified atom stereocenters. The van der Waals surface area contributed by atoms with Crippen molar-refractivity contribution in [2.45, 2.75) is 18.9 Å². The first kappa shape index (κ1) is 15.1. The van der Waals surface area contributed by atoms with Gasteiger partial charge in [0.25, 0.3) is 0 Å². The number of hydrogen-bond acceptors (Lipinski definition) is 3. The van der Waals surface area contributed by atoms with Gasteiger partial charge in [0.1, 0.15) is 0 Å². The van der Waals surface area contributed by atoms with Gasteiger partial charge in [0.05, 0.1) is 20.8 Å². The Labute approximate surface area is 143 Å². The highest BCUT2D eigenvalue weighted by molar-refractivity contribution is 5.83. The number of ether oxygens (including phenoxy) is 2. The van der Waals surface area contributed by atoms with E-state index in [9.17, 15) is 0 Å². The Morgan fingerprint density at radius 3 is 2.79 bits per heavy atom. The van der Waals surface area contributed by atoms with Crippen molar-refractivity contribution in [3.63, 3.8) is 0 Å². The highest BCUT2D eigenvalue weighted by Crippen LogP contribution is 2.52. The maximum atomic E-state index is 5.77. The summed E-state index contributed by atoms with van der Waals surface area (Å²) in [6.07, 6.45) is 7.59. The van der Waals surface area contributed by atoms with Gasteiger partial charge < -0.3 is 9.47 Å². The van der Waals surface area contributed by atoms with Crippen LogP contribution in [-0.2, 0) is 12.8 Å². The predicted octanol–water partition coefficient (Wildman–Crippen LogP) is 3.46. The first-order chi connectivity index (χ1) is 11.8. The molecule has 2 aromatic rings. The molecule has 3 heteroatoms. The summed E-state index contributed by atoms with van der Waals surface area (Å²) in [6.45, 7) is 1.67. The molecule has 122 valence electrons. The lowest BCUT2D eigenvalue weighted by Crippen LogP contribution is -2.38. The largest absolute Gasteiger partial charge is 0.493 e. The second kappa shape index (κ2) is 5.89. The summed E-state index contributed by atoms with van der Waals surface area (Å²) in [4.78, 5) is 2.41. The third-order valence-corrected chi connectivity index (χ3v) is 5.23. The van der Waals surface area contributed by atoms with Crippen LogP contribution in [0.3, 0.4) is 0 Å². The van der Waals surface area contributed by atoms with Crippen LogP contribution < -0.4 is 9.47 Å². The summed E-state index contributed by atoms with van der Waals surface area (Å²) < 4.78 is 11.4. The van der Waals surface area contributed by atoms with Crippen LogP contribution in [0.25, 0.3) is 11.1 Å². The minimum atomic E-state index is 0.314. The van der Waals surface area contributed by atoms with Crippen LogP contribution in [0.2, 0.25) is 0 Å². The van der Waals surface area contributed by atoms with Gasteiger partial charge in [-0.3, -0.25) is 4.90 Å². The smallest absolute Gasteiger partial charge is 0.168 e. The van der Waals surface area contributed by atoms with Gasteiger partial charge in [-0.1, -0.05) is 30.2 Å². The molecule has 1 aliphatic heterocycles. The fourth-order valence-electron chi connectivity index (χ4n) is 4.21. The second-order valence-electron chi connectivity index (χ2n) is 6.36. The number of fused-ring (bicyclic) bond motifs is 2. The predicted molar refractivity (Wildman–Crippen MR) is 95.5 cm³/mol. The van der Waals surface area contributed by atoms with E-state index in [2.05, 4.69) is 41.2 Å². The van der Waals surface area contributed by atoms with E-state index in [0.29, 0.717) is 12.6 Å². The van der Waals surface area contributed by atoms with E-state index >= 15 is 0 Å². The lowest BCUT2D eigenvalue weighted by Gasteiger charge is -2.41. The van der Waals surface area contributed by atoms with Crippen LogP contribution in [-0.4, -0.2) is 32.2 Å². The minimum absolute atomic E-state index is 0.314. The van der Waals surface area contributed by atoms with E-state index in [1.54, 1.807) is 14.2 Å². The van der Waals surface area contributed by atoms with E-state index < -0.39 is 0 Å². The van der Waals surface area contributed by atoms with Crippen LogP contribution >= 0.6 is 0 Å². The van der Waals surface area contributed by atoms with Crippen molar-refractivity contribution in [1.29, 1.82) is 0 Å². The third kappa shape index (κ3) is 2.11. The monoisotopic (exact) mass is 319 g/mol. The molecule has 0 amide bonds. The van der Waals surface area contributed by atoms with Gasteiger partial charge in [-0.15, -0.1) is 6.42 Å². The van der Waals surface area contributed by atoms with Gasteiger partial charge in [-0.05, 0) is 41.2 Å². The maximum Gasteiger partial charge on any atom is 0.168 e. The maximum absolute atomic E-state index is 5.77. The highest BCUT2D eigenvalue weighted by atomic mass is 16.5. The van der Waals surface area contributed by atoms with Gasteiger partial charge in [-0.25, -0.2) is 0 Å². The molecule has 0 radical (unpaired) electrons. The summed E-state index contributed by atoms with van der Waals surface area (Å²) >= 11 is 0. The Balaban J connectivity index is 2.02. The molecule has 0 saturated carbocycles. The average molecular weight is 319 g/mol. The summed E-state index contributed by atoms with van der Waals surface area (Å²) in [5.41, 5.74) is 6.50. The Bertz CT molecular complexity index is 834. The molecule has 0 saturated heterocycles. The topological polar surface area (TPSA) is 21.7 Å².